The Labute approximate surface area is 168 Å². The highest BCUT2D eigenvalue weighted by Crippen LogP contribution is 2.24. The second-order valence-corrected chi connectivity index (χ2v) is 6.89. The molecule has 3 aromatic rings. The zero-order chi connectivity index (χ0) is 19.8. The molecule has 1 heterocycles. The highest BCUT2D eigenvalue weighted by Gasteiger charge is 2.11. The van der Waals surface area contributed by atoms with Crippen LogP contribution in [0.1, 0.15) is 12.2 Å². The Bertz CT molecular complexity index is 936. The third kappa shape index (κ3) is 5.50. The van der Waals surface area contributed by atoms with Crippen LogP contribution in [0.3, 0.4) is 0 Å². The summed E-state index contributed by atoms with van der Waals surface area (Å²) in [5, 5.41) is 2.76. The summed E-state index contributed by atoms with van der Waals surface area (Å²) in [4.78, 5) is 24.9. The number of rotatable bonds is 8. The zero-order valence-electron chi connectivity index (χ0n) is 15.5. The van der Waals surface area contributed by atoms with Crippen LogP contribution in [0, 0.1) is 0 Å². The number of aryl methyl sites for hydroxylation is 1. The first-order valence-electron chi connectivity index (χ1n) is 8.88. The van der Waals surface area contributed by atoms with Gasteiger partial charge < -0.3 is 14.5 Å². The van der Waals surface area contributed by atoms with Gasteiger partial charge in [0.25, 0.3) is 5.91 Å². The van der Waals surface area contributed by atoms with Crippen LogP contribution < -0.4 is 5.32 Å². The molecule has 0 bridgehead atoms. The SMILES string of the molecule is CSc1ccccc1NC(=O)COC(=O)CCc1ccc(-c2ccccc2)o1. The molecule has 0 fully saturated rings. The highest BCUT2D eigenvalue weighted by molar-refractivity contribution is 7.98. The van der Waals surface area contributed by atoms with Gasteiger partial charge in [0.1, 0.15) is 11.5 Å². The van der Waals surface area contributed by atoms with Crippen LogP contribution in [0.2, 0.25) is 0 Å². The Hall–Kier alpha value is -2.99. The average molecular weight is 395 g/mol. The fourth-order valence-electron chi connectivity index (χ4n) is 2.65. The first-order chi connectivity index (χ1) is 13.7. The van der Waals surface area contributed by atoms with Gasteiger partial charge in [-0.15, -0.1) is 11.8 Å². The van der Waals surface area contributed by atoms with Crippen LogP contribution >= 0.6 is 11.8 Å². The maximum Gasteiger partial charge on any atom is 0.306 e. The molecule has 1 aromatic heterocycles. The number of amides is 1. The van der Waals surface area contributed by atoms with Gasteiger partial charge in [0.2, 0.25) is 0 Å². The molecule has 3 rings (SSSR count). The van der Waals surface area contributed by atoms with Crippen molar-refractivity contribution in [3.05, 3.63) is 72.5 Å². The molecule has 0 aliphatic carbocycles. The molecule has 0 aliphatic heterocycles. The van der Waals surface area contributed by atoms with Gasteiger partial charge in [0.15, 0.2) is 6.61 Å². The summed E-state index contributed by atoms with van der Waals surface area (Å²) in [6, 6.07) is 21.0. The van der Waals surface area contributed by atoms with Crippen molar-refractivity contribution in [3.8, 4) is 11.3 Å². The van der Waals surface area contributed by atoms with Gasteiger partial charge >= 0.3 is 5.97 Å². The molecule has 144 valence electrons. The number of thioether (sulfide) groups is 1. The number of furan rings is 1. The van der Waals surface area contributed by atoms with E-state index in [0.29, 0.717) is 17.9 Å². The minimum absolute atomic E-state index is 0.149. The maximum atomic E-state index is 12.0. The largest absolute Gasteiger partial charge is 0.461 e. The van der Waals surface area contributed by atoms with Gasteiger partial charge in [-0.05, 0) is 30.5 Å². The maximum absolute atomic E-state index is 12.0. The normalized spacial score (nSPS) is 10.5. The van der Waals surface area contributed by atoms with E-state index in [1.165, 1.54) is 11.8 Å². The van der Waals surface area contributed by atoms with Crippen molar-refractivity contribution in [1.29, 1.82) is 0 Å². The van der Waals surface area contributed by atoms with Gasteiger partial charge in [-0.2, -0.15) is 0 Å². The predicted molar refractivity (Wildman–Crippen MR) is 110 cm³/mol. The molecule has 1 N–H and O–H groups in total. The van der Waals surface area contributed by atoms with E-state index >= 15 is 0 Å². The van der Waals surface area contributed by atoms with Crippen LogP contribution in [-0.4, -0.2) is 24.7 Å². The van der Waals surface area contributed by atoms with Gasteiger partial charge in [0, 0.05) is 16.9 Å². The fraction of sp³-hybridized carbons (Fsp3) is 0.182. The summed E-state index contributed by atoms with van der Waals surface area (Å²) in [5.74, 6) is 0.662. The van der Waals surface area contributed by atoms with E-state index in [0.717, 1.165) is 16.2 Å². The summed E-state index contributed by atoms with van der Waals surface area (Å²) in [7, 11) is 0. The second kappa shape index (κ2) is 9.80. The molecule has 5 nitrogen and oxygen atoms in total. The van der Waals surface area contributed by atoms with Crippen LogP contribution in [0.25, 0.3) is 11.3 Å². The van der Waals surface area contributed by atoms with E-state index in [9.17, 15) is 9.59 Å². The van der Waals surface area contributed by atoms with E-state index in [2.05, 4.69) is 5.32 Å². The Balaban J connectivity index is 1.43. The van der Waals surface area contributed by atoms with Crippen molar-refractivity contribution < 1.29 is 18.7 Å². The van der Waals surface area contributed by atoms with Crippen molar-refractivity contribution in [2.45, 2.75) is 17.7 Å². The summed E-state index contributed by atoms with van der Waals surface area (Å²) in [6.45, 7) is -0.311. The number of hydrogen-bond acceptors (Lipinski definition) is 5. The summed E-state index contributed by atoms with van der Waals surface area (Å²) >= 11 is 1.53. The number of benzene rings is 2. The molecule has 0 saturated carbocycles. The average Bonchev–Trinajstić information content (AvgIpc) is 3.21. The lowest BCUT2D eigenvalue weighted by Gasteiger charge is -2.09. The molecule has 28 heavy (non-hydrogen) atoms. The molecule has 2 aromatic carbocycles. The number of ether oxygens (including phenoxy) is 1. The zero-order valence-corrected chi connectivity index (χ0v) is 16.3. The molecule has 0 radical (unpaired) electrons. The van der Waals surface area contributed by atoms with Crippen LogP contribution in [0.5, 0.6) is 0 Å². The number of carbonyl (C=O) groups excluding carboxylic acids is 2. The molecule has 0 saturated heterocycles. The quantitative estimate of drug-likeness (QED) is 0.439. The lowest BCUT2D eigenvalue weighted by Crippen LogP contribution is -2.21. The van der Waals surface area contributed by atoms with E-state index in [4.69, 9.17) is 9.15 Å². The van der Waals surface area contributed by atoms with E-state index in [1.54, 1.807) is 0 Å². The Morgan fingerprint density at radius 3 is 2.54 bits per heavy atom. The monoisotopic (exact) mass is 395 g/mol. The van der Waals surface area contributed by atoms with Crippen LogP contribution in [0.15, 0.2) is 76.0 Å². The molecule has 0 atom stereocenters. The van der Waals surface area contributed by atoms with Crippen molar-refractivity contribution in [2.24, 2.45) is 0 Å². The van der Waals surface area contributed by atoms with Gasteiger partial charge in [-0.25, -0.2) is 0 Å². The van der Waals surface area contributed by atoms with Gasteiger partial charge in [0.05, 0.1) is 12.1 Å². The van der Waals surface area contributed by atoms with Crippen molar-refractivity contribution in [2.75, 3.05) is 18.2 Å². The molecule has 0 unspecified atom stereocenters. The second-order valence-electron chi connectivity index (χ2n) is 6.04. The third-order valence-corrected chi connectivity index (χ3v) is 4.84. The summed E-state index contributed by atoms with van der Waals surface area (Å²) in [6.07, 6.45) is 2.50. The molecular weight excluding hydrogens is 374 g/mol. The number of nitrogens with one attached hydrogen (secondary N) is 1. The lowest BCUT2D eigenvalue weighted by atomic mass is 10.2. The van der Waals surface area contributed by atoms with Crippen molar-refractivity contribution in [3.63, 3.8) is 0 Å². The number of anilines is 1. The molecule has 0 aliphatic rings. The van der Waals surface area contributed by atoms with Crippen molar-refractivity contribution in [1.82, 2.24) is 0 Å². The van der Waals surface area contributed by atoms with Gasteiger partial charge in [-0.3, -0.25) is 9.59 Å². The molecule has 0 spiro atoms. The minimum Gasteiger partial charge on any atom is -0.461 e. The highest BCUT2D eigenvalue weighted by atomic mass is 32.2. The molecule has 1 amide bonds. The Kier molecular flexibility index (Phi) is 6.92. The summed E-state index contributed by atoms with van der Waals surface area (Å²) in [5.41, 5.74) is 1.69. The number of carbonyl (C=O) groups is 2. The van der Waals surface area contributed by atoms with Crippen LogP contribution in [-0.2, 0) is 20.7 Å². The van der Waals surface area contributed by atoms with Crippen LogP contribution in [0.4, 0.5) is 5.69 Å². The minimum atomic E-state index is -0.439. The smallest absolute Gasteiger partial charge is 0.306 e. The molecule has 6 heteroatoms. The standard InChI is InChI=1S/C22H21NO4S/c1-28-20-10-6-5-9-18(20)23-21(24)15-26-22(25)14-12-17-11-13-19(27-17)16-7-3-2-4-8-16/h2-11,13H,12,14-15H2,1H3,(H,23,24). The molecular formula is C22H21NO4S. The lowest BCUT2D eigenvalue weighted by molar-refractivity contribution is -0.147. The number of hydrogen-bond donors (Lipinski definition) is 1. The van der Waals surface area contributed by atoms with E-state index in [1.807, 2.05) is 73.0 Å². The van der Waals surface area contributed by atoms with E-state index < -0.39 is 5.97 Å². The summed E-state index contributed by atoms with van der Waals surface area (Å²) < 4.78 is 10.8. The number of para-hydroxylation sites is 1. The van der Waals surface area contributed by atoms with Crippen molar-refractivity contribution >= 4 is 29.3 Å². The number of esters is 1. The van der Waals surface area contributed by atoms with Gasteiger partial charge in [-0.1, -0.05) is 42.5 Å². The Morgan fingerprint density at radius 1 is 1.00 bits per heavy atom. The first-order valence-corrected chi connectivity index (χ1v) is 10.1. The predicted octanol–water partition coefficient (Wildman–Crippen LogP) is 4.78. The van der Waals surface area contributed by atoms with E-state index in [-0.39, 0.29) is 18.9 Å². The topological polar surface area (TPSA) is 68.5 Å². The Morgan fingerprint density at radius 2 is 1.75 bits per heavy atom. The fourth-order valence-corrected chi connectivity index (χ4v) is 3.20. The third-order valence-electron chi connectivity index (χ3n) is 4.04. The first kappa shape index (κ1) is 19.8.